The summed E-state index contributed by atoms with van der Waals surface area (Å²) in [5.74, 6) is 0.579. The number of ether oxygens (including phenoxy) is 3. The molecular formula is C24H25NO5. The van der Waals surface area contributed by atoms with Crippen molar-refractivity contribution in [3.8, 4) is 5.88 Å². The minimum absolute atomic E-state index is 0.0189. The van der Waals surface area contributed by atoms with Crippen LogP contribution in [0, 0.1) is 5.92 Å². The van der Waals surface area contributed by atoms with Crippen molar-refractivity contribution < 1.29 is 23.8 Å². The van der Waals surface area contributed by atoms with E-state index in [-0.39, 0.29) is 23.1 Å². The van der Waals surface area contributed by atoms with Crippen molar-refractivity contribution in [3.63, 3.8) is 0 Å². The maximum Gasteiger partial charge on any atom is 0.228 e. The Bertz CT molecular complexity index is 1010. The summed E-state index contributed by atoms with van der Waals surface area (Å²) in [4.78, 5) is 30.1. The minimum atomic E-state index is -0.221. The largest absolute Gasteiger partial charge is 0.489 e. The number of benzene rings is 1. The Morgan fingerprint density at radius 2 is 1.53 bits per heavy atom. The molecule has 0 radical (unpaired) electrons. The molecule has 0 aliphatic heterocycles. The molecule has 30 heavy (non-hydrogen) atoms. The van der Waals surface area contributed by atoms with Gasteiger partial charge in [0.1, 0.15) is 0 Å². The molecule has 0 atom stereocenters. The first kappa shape index (κ1) is 20.1. The second kappa shape index (κ2) is 8.69. The highest BCUT2D eigenvalue weighted by Crippen LogP contribution is 2.36. The third-order valence-corrected chi connectivity index (χ3v) is 5.89. The summed E-state index contributed by atoms with van der Waals surface area (Å²) < 4.78 is 16.2. The maximum atomic E-state index is 12.8. The molecule has 156 valence electrons. The third-order valence-electron chi connectivity index (χ3n) is 5.89. The number of rotatable bonds is 6. The Morgan fingerprint density at radius 1 is 0.900 bits per heavy atom. The number of carbonyl (C=O) groups excluding carboxylic acids is 2. The van der Waals surface area contributed by atoms with Crippen LogP contribution in [-0.4, -0.2) is 37.4 Å². The number of para-hydroxylation sites is 1. The summed E-state index contributed by atoms with van der Waals surface area (Å²) in [7, 11) is 2.78. The van der Waals surface area contributed by atoms with Crippen LogP contribution in [-0.2, 0) is 19.1 Å². The molecule has 0 N–H and O–H groups in total. The van der Waals surface area contributed by atoms with Gasteiger partial charge >= 0.3 is 0 Å². The van der Waals surface area contributed by atoms with Crippen LogP contribution in [0.5, 0.6) is 5.88 Å². The molecule has 1 aromatic heterocycles. The fraction of sp³-hybridized carbons (Fsp3) is 0.375. The number of aromatic nitrogens is 1. The zero-order valence-electron chi connectivity index (χ0n) is 17.3. The molecule has 6 heteroatoms. The molecule has 4 rings (SSSR count). The topological polar surface area (TPSA) is 74.7 Å². The van der Waals surface area contributed by atoms with Gasteiger partial charge in [-0.25, -0.2) is 4.98 Å². The molecule has 0 unspecified atom stereocenters. The summed E-state index contributed by atoms with van der Waals surface area (Å²) in [6, 6.07) is 11.8. The van der Waals surface area contributed by atoms with E-state index in [1.807, 2.05) is 36.4 Å². The van der Waals surface area contributed by atoms with Crippen LogP contribution in [0.4, 0.5) is 0 Å². The molecule has 0 saturated heterocycles. The molecule has 0 fully saturated rings. The molecule has 0 saturated carbocycles. The summed E-state index contributed by atoms with van der Waals surface area (Å²) in [5, 5.41) is 1.08. The number of allylic oxidation sites excluding steroid dienone is 2. The number of methoxy groups -OCH3 is 2. The van der Waals surface area contributed by atoms with E-state index in [0.717, 1.165) is 30.2 Å². The van der Waals surface area contributed by atoms with Crippen LogP contribution in [0.1, 0.15) is 32.1 Å². The van der Waals surface area contributed by atoms with Crippen molar-refractivity contribution in [2.45, 2.75) is 32.1 Å². The van der Waals surface area contributed by atoms with Gasteiger partial charge in [-0.3, -0.25) is 9.59 Å². The molecule has 0 bridgehead atoms. The van der Waals surface area contributed by atoms with Crippen molar-refractivity contribution in [1.82, 2.24) is 4.98 Å². The molecule has 2 aromatic rings. The van der Waals surface area contributed by atoms with Gasteiger partial charge in [-0.2, -0.15) is 0 Å². The van der Waals surface area contributed by atoms with Gasteiger partial charge in [0.25, 0.3) is 0 Å². The predicted molar refractivity (Wildman–Crippen MR) is 112 cm³/mol. The first-order chi connectivity index (χ1) is 14.6. The van der Waals surface area contributed by atoms with E-state index >= 15 is 0 Å². The SMILES string of the molecule is COC1=C(OC)C(=O)C2=C(CCC(CCOc3ccc4ccccc4n3)CC2)C1=O. The second-order valence-electron chi connectivity index (χ2n) is 7.60. The smallest absolute Gasteiger partial charge is 0.228 e. The summed E-state index contributed by atoms with van der Waals surface area (Å²) in [5.41, 5.74) is 2.07. The van der Waals surface area contributed by atoms with Crippen molar-refractivity contribution in [1.29, 1.82) is 0 Å². The second-order valence-corrected chi connectivity index (χ2v) is 7.60. The third kappa shape index (κ3) is 3.82. The quantitative estimate of drug-likeness (QED) is 0.670. The molecule has 2 aliphatic carbocycles. The van der Waals surface area contributed by atoms with Gasteiger partial charge in [0.05, 0.1) is 26.3 Å². The molecule has 0 spiro atoms. The zero-order valence-corrected chi connectivity index (χ0v) is 17.3. The van der Waals surface area contributed by atoms with E-state index in [4.69, 9.17) is 14.2 Å². The average Bonchev–Trinajstić information content (AvgIpc) is 2.99. The van der Waals surface area contributed by atoms with Gasteiger partial charge < -0.3 is 14.2 Å². The maximum absolute atomic E-state index is 12.8. The molecule has 1 heterocycles. The van der Waals surface area contributed by atoms with Gasteiger partial charge in [-0.1, -0.05) is 18.2 Å². The lowest BCUT2D eigenvalue weighted by Crippen LogP contribution is -2.25. The number of carbonyl (C=O) groups is 2. The highest BCUT2D eigenvalue weighted by Gasteiger charge is 2.37. The van der Waals surface area contributed by atoms with Crippen LogP contribution < -0.4 is 4.74 Å². The van der Waals surface area contributed by atoms with Crippen LogP contribution in [0.25, 0.3) is 10.9 Å². The van der Waals surface area contributed by atoms with Crippen LogP contribution in [0.2, 0.25) is 0 Å². The Morgan fingerprint density at radius 3 is 2.17 bits per heavy atom. The lowest BCUT2D eigenvalue weighted by Gasteiger charge is -2.20. The van der Waals surface area contributed by atoms with Gasteiger partial charge in [0, 0.05) is 22.6 Å². The summed E-state index contributed by atoms with van der Waals surface area (Å²) >= 11 is 0. The number of fused-ring (bicyclic) bond motifs is 1. The fourth-order valence-electron chi connectivity index (χ4n) is 4.24. The van der Waals surface area contributed by atoms with Crippen molar-refractivity contribution >= 4 is 22.5 Å². The molecule has 6 nitrogen and oxygen atoms in total. The molecule has 2 aliphatic rings. The molecule has 0 amide bonds. The summed E-state index contributed by atoms with van der Waals surface area (Å²) in [6.45, 7) is 0.549. The Balaban J connectivity index is 1.36. The van der Waals surface area contributed by atoms with Crippen molar-refractivity contribution in [3.05, 3.63) is 59.1 Å². The predicted octanol–water partition coefficient (Wildman–Crippen LogP) is 4.15. The number of ketones is 2. The Labute approximate surface area is 175 Å². The van der Waals surface area contributed by atoms with Crippen molar-refractivity contribution in [2.75, 3.05) is 20.8 Å². The van der Waals surface area contributed by atoms with Crippen molar-refractivity contribution in [2.24, 2.45) is 5.92 Å². The van der Waals surface area contributed by atoms with E-state index in [2.05, 4.69) is 4.98 Å². The number of nitrogens with zero attached hydrogens (tertiary/aromatic N) is 1. The number of hydrogen-bond acceptors (Lipinski definition) is 6. The lowest BCUT2D eigenvalue weighted by molar-refractivity contribution is -0.121. The highest BCUT2D eigenvalue weighted by atomic mass is 16.5. The van der Waals surface area contributed by atoms with E-state index in [1.54, 1.807) is 0 Å². The minimum Gasteiger partial charge on any atom is -0.489 e. The normalized spacial score (nSPS) is 17.8. The fourth-order valence-corrected chi connectivity index (χ4v) is 4.24. The molecular weight excluding hydrogens is 382 g/mol. The number of hydrogen-bond donors (Lipinski definition) is 0. The number of Topliss-reactive ketones (excluding diaryl/α,β-unsaturated/α-hetero) is 2. The van der Waals surface area contributed by atoms with Crippen LogP contribution >= 0.6 is 0 Å². The standard InChI is InChI=1S/C24H25NO5/c1-28-23-21(26)17-10-7-15(8-11-18(17)22(27)24(23)29-2)13-14-30-20-12-9-16-5-3-4-6-19(16)25-20/h3-6,9,12,15H,7-8,10-11,13-14H2,1-2H3. The van der Waals surface area contributed by atoms with E-state index in [0.29, 0.717) is 42.4 Å². The summed E-state index contributed by atoms with van der Waals surface area (Å²) in [6.07, 6.45) is 3.67. The van der Waals surface area contributed by atoms with Crippen LogP contribution in [0.3, 0.4) is 0 Å². The van der Waals surface area contributed by atoms with Gasteiger partial charge in [0.2, 0.25) is 29.0 Å². The lowest BCUT2D eigenvalue weighted by atomic mass is 9.89. The Hall–Kier alpha value is -3.15. The first-order valence-electron chi connectivity index (χ1n) is 10.2. The van der Waals surface area contributed by atoms with E-state index in [9.17, 15) is 9.59 Å². The van der Waals surface area contributed by atoms with Gasteiger partial charge in [-0.15, -0.1) is 0 Å². The highest BCUT2D eigenvalue weighted by molar-refractivity contribution is 6.23. The zero-order chi connectivity index (χ0) is 21.1. The van der Waals surface area contributed by atoms with Gasteiger partial charge in [0.15, 0.2) is 0 Å². The molecule has 1 aromatic carbocycles. The monoisotopic (exact) mass is 407 g/mol. The Kier molecular flexibility index (Phi) is 5.84. The first-order valence-corrected chi connectivity index (χ1v) is 10.2. The van der Waals surface area contributed by atoms with Gasteiger partial charge in [-0.05, 0) is 50.2 Å². The van der Waals surface area contributed by atoms with Crippen LogP contribution in [0.15, 0.2) is 59.1 Å². The van der Waals surface area contributed by atoms with E-state index in [1.165, 1.54) is 14.2 Å². The average molecular weight is 407 g/mol. The van der Waals surface area contributed by atoms with E-state index < -0.39 is 0 Å². The number of pyridine rings is 1.